The van der Waals surface area contributed by atoms with Crippen LogP contribution in [0.1, 0.15) is 32.1 Å². The molecule has 3 N–H and O–H groups in total. The van der Waals surface area contributed by atoms with E-state index in [0.29, 0.717) is 18.0 Å². The van der Waals surface area contributed by atoms with Crippen molar-refractivity contribution in [3.8, 4) is 0 Å². The molecule has 0 atom stereocenters. The van der Waals surface area contributed by atoms with Gasteiger partial charge in [-0.3, -0.25) is 0 Å². The first-order valence-electron chi connectivity index (χ1n) is 7.51. The molecule has 1 aliphatic rings. The van der Waals surface area contributed by atoms with E-state index < -0.39 is 10.0 Å². The van der Waals surface area contributed by atoms with Crippen molar-refractivity contribution in [1.29, 1.82) is 0 Å². The second-order valence-electron chi connectivity index (χ2n) is 5.57. The number of hydrogen-bond acceptors (Lipinski definition) is 4. The average molecular weight is 329 g/mol. The summed E-state index contributed by atoms with van der Waals surface area (Å²) in [6.07, 6.45) is 6.09. The molecular formula is C15H24N2O2S2. The SMILES string of the molecule is Nc1cccc(SCCS(=O)(=O)NCCC2CCCC2)c1. The Morgan fingerprint density at radius 2 is 2.05 bits per heavy atom. The number of anilines is 1. The lowest BCUT2D eigenvalue weighted by molar-refractivity contribution is 0.496. The summed E-state index contributed by atoms with van der Waals surface area (Å²) in [5.74, 6) is 1.41. The summed E-state index contributed by atoms with van der Waals surface area (Å²) >= 11 is 1.52. The van der Waals surface area contributed by atoms with Gasteiger partial charge in [0.05, 0.1) is 5.75 Å². The zero-order valence-electron chi connectivity index (χ0n) is 12.3. The van der Waals surface area contributed by atoms with Gasteiger partial charge in [-0.15, -0.1) is 11.8 Å². The molecule has 1 aromatic carbocycles. The summed E-state index contributed by atoms with van der Waals surface area (Å²) in [4.78, 5) is 1.01. The van der Waals surface area contributed by atoms with E-state index >= 15 is 0 Å². The van der Waals surface area contributed by atoms with E-state index in [0.717, 1.165) is 17.2 Å². The normalized spacial score (nSPS) is 16.4. The summed E-state index contributed by atoms with van der Waals surface area (Å²) in [6.45, 7) is 0.579. The van der Waals surface area contributed by atoms with Gasteiger partial charge in [0, 0.05) is 22.9 Å². The maximum atomic E-state index is 11.9. The van der Waals surface area contributed by atoms with Crippen LogP contribution in [-0.2, 0) is 10.0 Å². The van der Waals surface area contributed by atoms with E-state index in [1.165, 1.54) is 37.4 Å². The Balaban J connectivity index is 1.66. The van der Waals surface area contributed by atoms with Gasteiger partial charge in [-0.05, 0) is 30.5 Å². The number of hydrogen-bond donors (Lipinski definition) is 2. The first-order chi connectivity index (χ1) is 10.1. The van der Waals surface area contributed by atoms with Crippen molar-refractivity contribution in [2.24, 2.45) is 5.92 Å². The molecule has 0 aliphatic heterocycles. The predicted octanol–water partition coefficient (Wildman–Crippen LogP) is 2.86. The minimum absolute atomic E-state index is 0.150. The van der Waals surface area contributed by atoms with Crippen molar-refractivity contribution in [3.63, 3.8) is 0 Å². The van der Waals surface area contributed by atoms with E-state index in [1.807, 2.05) is 24.3 Å². The molecule has 21 heavy (non-hydrogen) atoms. The molecule has 0 saturated heterocycles. The summed E-state index contributed by atoms with van der Waals surface area (Å²) in [6, 6.07) is 7.52. The maximum absolute atomic E-state index is 11.9. The third-order valence-electron chi connectivity index (χ3n) is 3.83. The van der Waals surface area contributed by atoms with E-state index in [2.05, 4.69) is 4.72 Å². The lowest BCUT2D eigenvalue weighted by Gasteiger charge is -2.10. The highest BCUT2D eigenvalue weighted by atomic mass is 32.2. The molecule has 1 saturated carbocycles. The topological polar surface area (TPSA) is 72.2 Å². The van der Waals surface area contributed by atoms with Gasteiger partial charge in [0.1, 0.15) is 0 Å². The number of nitrogens with one attached hydrogen (secondary N) is 1. The summed E-state index contributed by atoms with van der Waals surface area (Å²) in [5.41, 5.74) is 6.40. The number of sulfonamides is 1. The summed E-state index contributed by atoms with van der Waals surface area (Å²) < 4.78 is 26.5. The Hall–Kier alpha value is -0.720. The van der Waals surface area contributed by atoms with Crippen LogP contribution in [0.25, 0.3) is 0 Å². The molecule has 118 valence electrons. The molecule has 1 aliphatic carbocycles. The van der Waals surface area contributed by atoms with Gasteiger partial charge < -0.3 is 5.73 Å². The van der Waals surface area contributed by atoms with E-state index in [-0.39, 0.29) is 5.75 Å². The fraction of sp³-hybridized carbons (Fsp3) is 0.600. The largest absolute Gasteiger partial charge is 0.399 e. The van der Waals surface area contributed by atoms with Crippen molar-refractivity contribution in [1.82, 2.24) is 4.72 Å². The molecule has 2 rings (SSSR count). The second kappa shape index (κ2) is 8.06. The lowest BCUT2D eigenvalue weighted by Crippen LogP contribution is -2.29. The molecule has 1 aromatic rings. The number of nitrogen functional groups attached to an aromatic ring is 1. The van der Waals surface area contributed by atoms with Crippen molar-refractivity contribution >= 4 is 27.5 Å². The third kappa shape index (κ3) is 6.28. The van der Waals surface area contributed by atoms with Crippen LogP contribution in [0.15, 0.2) is 29.2 Å². The van der Waals surface area contributed by atoms with Crippen LogP contribution >= 0.6 is 11.8 Å². The zero-order valence-corrected chi connectivity index (χ0v) is 13.9. The van der Waals surface area contributed by atoms with Crippen molar-refractivity contribution in [3.05, 3.63) is 24.3 Å². The number of nitrogens with two attached hydrogens (primary N) is 1. The number of benzene rings is 1. The Morgan fingerprint density at radius 3 is 2.76 bits per heavy atom. The van der Waals surface area contributed by atoms with Gasteiger partial charge in [0.15, 0.2) is 0 Å². The van der Waals surface area contributed by atoms with Gasteiger partial charge in [-0.1, -0.05) is 31.7 Å². The van der Waals surface area contributed by atoms with Crippen LogP contribution in [0, 0.1) is 5.92 Å². The van der Waals surface area contributed by atoms with Crippen LogP contribution in [0.3, 0.4) is 0 Å². The van der Waals surface area contributed by atoms with Crippen LogP contribution < -0.4 is 10.5 Å². The first kappa shape index (κ1) is 16.6. The second-order valence-corrected chi connectivity index (χ2v) is 8.67. The van der Waals surface area contributed by atoms with Gasteiger partial charge in [0.25, 0.3) is 0 Å². The number of thioether (sulfide) groups is 1. The highest BCUT2D eigenvalue weighted by Crippen LogP contribution is 2.27. The molecule has 1 fully saturated rings. The number of rotatable bonds is 8. The third-order valence-corrected chi connectivity index (χ3v) is 6.47. The van der Waals surface area contributed by atoms with Gasteiger partial charge in [0.2, 0.25) is 10.0 Å². The summed E-state index contributed by atoms with van der Waals surface area (Å²) in [7, 11) is -3.16. The molecule has 4 nitrogen and oxygen atoms in total. The van der Waals surface area contributed by atoms with Crippen molar-refractivity contribution in [2.45, 2.75) is 37.0 Å². The van der Waals surface area contributed by atoms with Crippen molar-refractivity contribution in [2.75, 3.05) is 23.8 Å². The fourth-order valence-corrected chi connectivity index (χ4v) is 5.08. The van der Waals surface area contributed by atoms with Crippen LogP contribution in [0.2, 0.25) is 0 Å². The van der Waals surface area contributed by atoms with Gasteiger partial charge in [-0.25, -0.2) is 13.1 Å². The van der Waals surface area contributed by atoms with Crippen LogP contribution in [0.5, 0.6) is 0 Å². The maximum Gasteiger partial charge on any atom is 0.212 e. The molecule has 0 heterocycles. The van der Waals surface area contributed by atoms with E-state index in [4.69, 9.17) is 5.73 Å². The summed E-state index contributed by atoms with van der Waals surface area (Å²) in [5, 5.41) is 0. The quantitative estimate of drug-likeness (QED) is 0.568. The fourth-order valence-electron chi connectivity index (χ4n) is 2.66. The molecule has 0 spiro atoms. The van der Waals surface area contributed by atoms with Crippen LogP contribution in [-0.4, -0.2) is 26.5 Å². The van der Waals surface area contributed by atoms with Crippen LogP contribution in [0.4, 0.5) is 5.69 Å². The smallest absolute Gasteiger partial charge is 0.212 e. The zero-order chi connectivity index (χ0) is 15.1. The first-order valence-corrected chi connectivity index (χ1v) is 10.1. The van der Waals surface area contributed by atoms with E-state index in [9.17, 15) is 8.42 Å². The minimum atomic E-state index is -3.16. The van der Waals surface area contributed by atoms with Gasteiger partial charge >= 0.3 is 0 Å². The average Bonchev–Trinajstić information content (AvgIpc) is 2.91. The molecule has 0 radical (unpaired) electrons. The molecule has 0 aromatic heterocycles. The monoisotopic (exact) mass is 328 g/mol. The molecule has 0 amide bonds. The van der Waals surface area contributed by atoms with Gasteiger partial charge in [-0.2, -0.15) is 0 Å². The molecule has 0 unspecified atom stereocenters. The highest BCUT2D eigenvalue weighted by molar-refractivity contribution is 8.00. The minimum Gasteiger partial charge on any atom is -0.399 e. The molecule has 6 heteroatoms. The lowest BCUT2D eigenvalue weighted by atomic mass is 10.1. The van der Waals surface area contributed by atoms with Crippen molar-refractivity contribution < 1.29 is 8.42 Å². The molecular weight excluding hydrogens is 304 g/mol. The Labute approximate surface area is 131 Å². The standard InChI is InChI=1S/C15H24N2O2S2/c16-14-6-3-7-15(12-14)20-10-11-21(18,19)17-9-8-13-4-1-2-5-13/h3,6-7,12-13,17H,1-2,4-5,8-11,16H2. The molecule has 0 bridgehead atoms. The highest BCUT2D eigenvalue weighted by Gasteiger charge is 2.16. The Kier molecular flexibility index (Phi) is 6.39. The van der Waals surface area contributed by atoms with E-state index in [1.54, 1.807) is 0 Å². The predicted molar refractivity (Wildman–Crippen MR) is 89.9 cm³/mol. The Bertz CT molecular complexity index is 540. The Morgan fingerprint density at radius 1 is 1.29 bits per heavy atom.